The molecule has 1 amide bonds. The summed E-state index contributed by atoms with van der Waals surface area (Å²) in [7, 11) is 2.56. The van der Waals surface area contributed by atoms with Gasteiger partial charge in [-0.1, -0.05) is 58.2 Å². The summed E-state index contributed by atoms with van der Waals surface area (Å²) in [5, 5.41) is 2.66. The van der Waals surface area contributed by atoms with Gasteiger partial charge in [0, 0.05) is 18.1 Å². The molecule has 0 bridgehead atoms. The van der Waals surface area contributed by atoms with Gasteiger partial charge < -0.3 is 19.5 Å². The highest BCUT2D eigenvalue weighted by atomic mass is 16.6. The smallest absolute Gasteiger partial charge is 0.304 e. The molecule has 1 atom stereocenters. The fraction of sp³-hybridized carbons (Fsp3) is 0.512. The van der Waals surface area contributed by atoms with Crippen LogP contribution in [-0.4, -0.2) is 49.7 Å². The fourth-order valence-corrected chi connectivity index (χ4v) is 5.59. The number of ether oxygens (including phenoxy) is 3. The van der Waals surface area contributed by atoms with Crippen molar-refractivity contribution in [2.45, 2.75) is 133 Å². The molecule has 1 unspecified atom stereocenters. The highest BCUT2D eigenvalue weighted by molar-refractivity contribution is 6.36. The van der Waals surface area contributed by atoms with Crippen molar-refractivity contribution in [3.8, 4) is 0 Å². The lowest BCUT2D eigenvalue weighted by Crippen LogP contribution is -2.36. The molecular weight excluding hydrogens is 658 g/mol. The Morgan fingerprint density at radius 3 is 1.40 bits per heavy atom. The number of ketones is 3. The summed E-state index contributed by atoms with van der Waals surface area (Å²) in [4.78, 5) is 61.6. The molecule has 0 aromatic carbocycles. The minimum Gasteiger partial charge on any atom is -0.489 e. The molecule has 0 fully saturated rings. The van der Waals surface area contributed by atoms with E-state index in [1.165, 1.54) is 56.4 Å². The third kappa shape index (κ3) is 16.7. The first-order chi connectivity index (χ1) is 24.5. The topological polar surface area (TPSA) is 125 Å². The van der Waals surface area contributed by atoms with Crippen molar-refractivity contribution in [1.82, 2.24) is 5.32 Å². The van der Waals surface area contributed by atoms with Crippen molar-refractivity contribution in [3.05, 3.63) is 92.6 Å². The van der Waals surface area contributed by atoms with E-state index < -0.39 is 29.5 Å². The average molecular weight is 720 g/mol. The van der Waals surface area contributed by atoms with Gasteiger partial charge in [0.1, 0.15) is 0 Å². The third-order valence-corrected chi connectivity index (χ3v) is 8.74. The molecular formula is C43H61NO8. The van der Waals surface area contributed by atoms with Gasteiger partial charge in [-0.15, -0.1) is 0 Å². The number of rotatable bonds is 22. The van der Waals surface area contributed by atoms with E-state index in [4.69, 9.17) is 14.2 Å². The molecule has 286 valence electrons. The van der Waals surface area contributed by atoms with Crippen molar-refractivity contribution in [2.75, 3.05) is 14.2 Å². The standard InChI is InChI=1S/C43H61NO8/c1-28(17-12-18-29(2)20-14-22-31(4)24-16-26-33(6)43(49)44-35(8)52-36(9)45)19-13-21-30(3)23-15-25-32(5)27-37(46)38-34(7)39(47)41(50-10)42(51-11)40(38)48/h18-19,22-23,26-27,35H,12-17,20-21,24-25H2,1-11H3,(H,44,49)/b28-19+,29-18+,30-23+,31-22+,32-27+,33-26+. The molecule has 0 aromatic heterocycles. The Morgan fingerprint density at radius 2 is 1.00 bits per heavy atom. The maximum absolute atomic E-state index is 12.9. The number of nitrogens with one attached hydrogen (secondary N) is 1. The highest BCUT2D eigenvalue weighted by Gasteiger charge is 2.37. The zero-order valence-electron chi connectivity index (χ0n) is 33.4. The zero-order chi connectivity index (χ0) is 39.4. The summed E-state index contributed by atoms with van der Waals surface area (Å²) < 4.78 is 15.1. The molecule has 0 saturated carbocycles. The Kier molecular flexibility index (Phi) is 20.9. The van der Waals surface area contributed by atoms with Gasteiger partial charge in [-0.25, -0.2) is 0 Å². The summed E-state index contributed by atoms with van der Waals surface area (Å²) in [6.07, 6.45) is 20.9. The van der Waals surface area contributed by atoms with E-state index in [9.17, 15) is 24.0 Å². The van der Waals surface area contributed by atoms with Gasteiger partial charge in [0.2, 0.25) is 29.0 Å². The van der Waals surface area contributed by atoms with Crippen LogP contribution >= 0.6 is 0 Å². The number of esters is 1. The van der Waals surface area contributed by atoms with E-state index in [-0.39, 0.29) is 28.6 Å². The lowest BCUT2D eigenvalue weighted by molar-refractivity contribution is -0.148. The van der Waals surface area contributed by atoms with Crippen LogP contribution in [0.4, 0.5) is 0 Å². The van der Waals surface area contributed by atoms with Gasteiger partial charge in [-0.05, 0) is 126 Å². The molecule has 0 aromatic rings. The lowest BCUT2D eigenvalue weighted by atomic mass is 9.89. The number of carbonyl (C=O) groups excluding carboxylic acids is 5. The van der Waals surface area contributed by atoms with Gasteiger partial charge >= 0.3 is 5.97 Å². The normalized spacial score (nSPS) is 16.0. The largest absolute Gasteiger partial charge is 0.489 e. The molecule has 9 nitrogen and oxygen atoms in total. The zero-order valence-corrected chi connectivity index (χ0v) is 33.4. The second-order valence-corrected chi connectivity index (χ2v) is 13.6. The second-order valence-electron chi connectivity index (χ2n) is 13.6. The van der Waals surface area contributed by atoms with E-state index >= 15 is 0 Å². The summed E-state index contributed by atoms with van der Waals surface area (Å²) in [6.45, 7) is 16.6. The maximum Gasteiger partial charge on any atom is 0.304 e. The SMILES string of the molecule is COC1=C(OC)C(=O)C(C(=O)/C=C(\C)CC/C=C(\C)CC/C=C(\C)CC/C=C(\C)CC/C=C(\C)CC/C=C(\C)C(=O)NC(C)OC(C)=O)=C(C)C1=O. The number of methoxy groups -OCH3 is 2. The summed E-state index contributed by atoms with van der Waals surface area (Å²) in [6, 6.07) is 0. The van der Waals surface area contributed by atoms with Crippen LogP contribution in [0.1, 0.15) is 127 Å². The Hall–Kier alpha value is -4.53. The first-order valence-electron chi connectivity index (χ1n) is 18.1. The number of carbonyl (C=O) groups is 5. The third-order valence-electron chi connectivity index (χ3n) is 8.74. The van der Waals surface area contributed by atoms with Gasteiger partial charge in [0.25, 0.3) is 0 Å². The van der Waals surface area contributed by atoms with Crippen molar-refractivity contribution in [3.63, 3.8) is 0 Å². The average Bonchev–Trinajstić information content (AvgIpc) is 3.05. The first-order valence-corrected chi connectivity index (χ1v) is 18.1. The number of hydrogen-bond acceptors (Lipinski definition) is 8. The van der Waals surface area contributed by atoms with Gasteiger partial charge in [-0.3, -0.25) is 24.0 Å². The molecule has 52 heavy (non-hydrogen) atoms. The maximum atomic E-state index is 12.9. The van der Waals surface area contributed by atoms with Crippen LogP contribution in [0.25, 0.3) is 0 Å². The number of amides is 1. The van der Waals surface area contributed by atoms with E-state index in [0.717, 1.165) is 63.4 Å². The summed E-state index contributed by atoms with van der Waals surface area (Å²) in [5.41, 5.74) is 6.69. The first kappa shape index (κ1) is 45.5. The molecule has 0 aliphatic heterocycles. The number of allylic oxidation sites excluding steroid dienone is 13. The van der Waals surface area contributed by atoms with Gasteiger partial charge in [0.05, 0.1) is 19.8 Å². The number of hydrogen-bond donors (Lipinski definition) is 1. The van der Waals surface area contributed by atoms with Crippen LogP contribution < -0.4 is 5.32 Å². The lowest BCUT2D eigenvalue weighted by Gasteiger charge is -2.19. The Balaban J connectivity index is 2.44. The van der Waals surface area contributed by atoms with Gasteiger partial charge in [-0.2, -0.15) is 0 Å². The predicted molar refractivity (Wildman–Crippen MR) is 207 cm³/mol. The molecule has 1 aliphatic carbocycles. The van der Waals surface area contributed by atoms with Crippen LogP contribution in [-0.2, 0) is 38.2 Å². The van der Waals surface area contributed by atoms with Crippen LogP contribution in [0, 0.1) is 0 Å². The molecule has 0 heterocycles. The predicted octanol–water partition coefficient (Wildman–Crippen LogP) is 9.13. The van der Waals surface area contributed by atoms with E-state index in [0.29, 0.717) is 12.0 Å². The molecule has 0 radical (unpaired) electrons. The fourth-order valence-electron chi connectivity index (χ4n) is 5.59. The summed E-state index contributed by atoms with van der Waals surface area (Å²) in [5.74, 6) is -2.74. The minimum absolute atomic E-state index is 0.0638. The van der Waals surface area contributed by atoms with Gasteiger partial charge in [0.15, 0.2) is 12.0 Å². The van der Waals surface area contributed by atoms with Crippen molar-refractivity contribution in [2.24, 2.45) is 0 Å². The molecule has 0 saturated heterocycles. The minimum atomic E-state index is -0.654. The molecule has 1 N–H and O–H groups in total. The monoisotopic (exact) mass is 719 g/mol. The molecule has 1 aliphatic rings. The highest BCUT2D eigenvalue weighted by Crippen LogP contribution is 2.27. The van der Waals surface area contributed by atoms with Crippen molar-refractivity contribution < 1.29 is 38.2 Å². The molecule has 9 heteroatoms. The Morgan fingerprint density at radius 1 is 0.615 bits per heavy atom. The number of Topliss-reactive ketones (excluding diaryl/α,β-unsaturated/α-hetero) is 2. The molecule has 1 rings (SSSR count). The van der Waals surface area contributed by atoms with Crippen LogP contribution in [0.5, 0.6) is 0 Å². The van der Waals surface area contributed by atoms with Crippen LogP contribution in [0.3, 0.4) is 0 Å². The Bertz CT molecular complexity index is 1570. The van der Waals surface area contributed by atoms with E-state index in [2.05, 4.69) is 57.3 Å². The van der Waals surface area contributed by atoms with Crippen molar-refractivity contribution in [1.29, 1.82) is 0 Å². The Labute approximate surface area is 311 Å². The second kappa shape index (κ2) is 23.8. The van der Waals surface area contributed by atoms with Crippen LogP contribution in [0.2, 0.25) is 0 Å². The van der Waals surface area contributed by atoms with E-state index in [1.54, 1.807) is 13.8 Å². The molecule has 0 spiro atoms. The summed E-state index contributed by atoms with van der Waals surface area (Å²) >= 11 is 0. The van der Waals surface area contributed by atoms with Crippen molar-refractivity contribution >= 4 is 29.2 Å². The van der Waals surface area contributed by atoms with Crippen LogP contribution in [0.15, 0.2) is 92.6 Å². The quantitative estimate of drug-likeness (QED) is 0.0293. The van der Waals surface area contributed by atoms with E-state index in [1.807, 2.05) is 13.0 Å².